The van der Waals surface area contributed by atoms with E-state index < -0.39 is 0 Å². The molecule has 1 aromatic carbocycles. The van der Waals surface area contributed by atoms with Crippen LogP contribution in [0.1, 0.15) is 30.1 Å². The number of hydrogen-bond donors (Lipinski definition) is 0. The van der Waals surface area contributed by atoms with Gasteiger partial charge in [-0.05, 0) is 42.7 Å². The van der Waals surface area contributed by atoms with Crippen molar-refractivity contribution in [2.24, 2.45) is 0 Å². The molecule has 23 heavy (non-hydrogen) atoms. The zero-order valence-corrected chi connectivity index (χ0v) is 13.7. The van der Waals surface area contributed by atoms with E-state index in [1.165, 1.54) is 24.4 Å². The summed E-state index contributed by atoms with van der Waals surface area (Å²) < 4.78 is 0.824. The molecule has 0 aliphatic carbocycles. The van der Waals surface area contributed by atoms with E-state index in [9.17, 15) is 10.0 Å². The highest BCUT2D eigenvalue weighted by Crippen LogP contribution is 2.35. The van der Waals surface area contributed by atoms with Gasteiger partial charge in [0.2, 0.25) is 5.91 Å². The van der Waals surface area contributed by atoms with Crippen LogP contribution in [0.15, 0.2) is 59.8 Å². The Morgan fingerprint density at radius 1 is 1.04 bits per heavy atom. The maximum Gasteiger partial charge on any atom is 0.252 e. The number of hydrogen-bond acceptors (Lipinski definition) is 3. The summed E-state index contributed by atoms with van der Waals surface area (Å²) in [6.45, 7) is 1.63. The fourth-order valence-corrected chi connectivity index (χ4v) is 3.90. The van der Waals surface area contributed by atoms with Gasteiger partial charge in [0.05, 0.1) is 0 Å². The fourth-order valence-electron chi connectivity index (χ4n) is 2.79. The first kappa shape index (κ1) is 15.9. The highest BCUT2D eigenvalue weighted by atomic mass is 32.2. The Bertz CT molecular complexity index is 657. The molecule has 1 unspecified atom stereocenters. The summed E-state index contributed by atoms with van der Waals surface area (Å²) in [6, 6.07) is 15.0. The first-order chi connectivity index (χ1) is 11.3. The zero-order chi connectivity index (χ0) is 16.1. The molecular formula is C18H20N2O2S. The monoisotopic (exact) mass is 328 g/mol. The molecule has 0 bridgehead atoms. The first-order valence-electron chi connectivity index (χ1n) is 7.94. The number of nitrogens with zero attached hydrogens (tertiary/aromatic N) is 2. The summed E-state index contributed by atoms with van der Waals surface area (Å²) in [6.07, 6.45) is 4.78. The topological polar surface area (TPSA) is 47.2 Å². The molecule has 1 amide bonds. The van der Waals surface area contributed by atoms with Crippen LogP contribution in [-0.4, -0.2) is 23.9 Å². The van der Waals surface area contributed by atoms with Crippen molar-refractivity contribution in [1.29, 1.82) is 0 Å². The van der Waals surface area contributed by atoms with Gasteiger partial charge in [-0.2, -0.15) is 4.73 Å². The third-order valence-electron chi connectivity index (χ3n) is 4.02. The van der Waals surface area contributed by atoms with Crippen LogP contribution in [0.5, 0.6) is 0 Å². The summed E-state index contributed by atoms with van der Waals surface area (Å²) in [5, 5.41) is 12.1. The average molecular weight is 328 g/mol. The van der Waals surface area contributed by atoms with Crippen LogP contribution < -0.4 is 4.73 Å². The van der Waals surface area contributed by atoms with E-state index in [1.54, 1.807) is 12.1 Å². The lowest BCUT2D eigenvalue weighted by atomic mass is 10.1. The highest BCUT2D eigenvalue weighted by molar-refractivity contribution is 8.00. The van der Waals surface area contributed by atoms with E-state index in [0.717, 1.165) is 36.2 Å². The van der Waals surface area contributed by atoms with Crippen molar-refractivity contribution in [2.75, 3.05) is 13.1 Å². The molecule has 1 atom stereocenters. The molecule has 1 fully saturated rings. The van der Waals surface area contributed by atoms with Gasteiger partial charge in [-0.1, -0.05) is 30.3 Å². The van der Waals surface area contributed by atoms with Gasteiger partial charge in [-0.3, -0.25) is 4.79 Å². The van der Waals surface area contributed by atoms with Crippen LogP contribution in [-0.2, 0) is 4.79 Å². The number of benzene rings is 1. The molecule has 3 rings (SSSR count). The van der Waals surface area contributed by atoms with Gasteiger partial charge in [-0.25, -0.2) is 0 Å². The zero-order valence-electron chi connectivity index (χ0n) is 12.9. The molecule has 1 saturated heterocycles. The number of piperidine rings is 1. The van der Waals surface area contributed by atoms with Gasteiger partial charge < -0.3 is 10.1 Å². The van der Waals surface area contributed by atoms with Crippen molar-refractivity contribution in [2.45, 2.75) is 29.5 Å². The van der Waals surface area contributed by atoms with E-state index in [2.05, 4.69) is 0 Å². The van der Waals surface area contributed by atoms with Crippen LogP contribution in [0.3, 0.4) is 0 Å². The number of rotatable bonds is 4. The van der Waals surface area contributed by atoms with E-state index >= 15 is 0 Å². The normalized spacial score (nSPS) is 16.1. The van der Waals surface area contributed by atoms with Crippen molar-refractivity contribution < 1.29 is 9.52 Å². The predicted octanol–water partition coefficient (Wildman–Crippen LogP) is 3.17. The van der Waals surface area contributed by atoms with Crippen molar-refractivity contribution >= 4 is 17.7 Å². The molecule has 0 radical (unpaired) electrons. The summed E-state index contributed by atoms with van der Waals surface area (Å²) in [4.78, 5) is 14.9. The predicted molar refractivity (Wildman–Crippen MR) is 90.9 cm³/mol. The highest BCUT2D eigenvalue weighted by Gasteiger charge is 2.29. The van der Waals surface area contributed by atoms with E-state index in [-0.39, 0.29) is 11.2 Å². The molecular weight excluding hydrogens is 308 g/mol. The number of thioether (sulfide) groups is 1. The Labute approximate surface area is 140 Å². The van der Waals surface area contributed by atoms with Gasteiger partial charge in [0, 0.05) is 25.2 Å². The van der Waals surface area contributed by atoms with Crippen molar-refractivity contribution in [1.82, 2.24) is 4.90 Å². The molecule has 0 spiro atoms. The van der Waals surface area contributed by atoms with Crippen molar-refractivity contribution in [3.8, 4) is 0 Å². The van der Waals surface area contributed by atoms with E-state index in [1.807, 2.05) is 41.3 Å². The van der Waals surface area contributed by atoms with Crippen LogP contribution >= 0.6 is 11.8 Å². The molecule has 1 aliphatic heterocycles. The Balaban J connectivity index is 1.87. The second-order valence-corrected chi connectivity index (χ2v) is 6.78. The fraction of sp³-hybridized carbons (Fsp3) is 0.333. The van der Waals surface area contributed by atoms with Crippen molar-refractivity contribution in [3.63, 3.8) is 0 Å². The average Bonchev–Trinajstić information content (AvgIpc) is 2.62. The number of pyridine rings is 1. The van der Waals surface area contributed by atoms with Crippen LogP contribution in [0.2, 0.25) is 0 Å². The summed E-state index contributed by atoms with van der Waals surface area (Å²) >= 11 is 1.33. The molecule has 2 aromatic rings. The van der Waals surface area contributed by atoms with Gasteiger partial charge in [0.15, 0.2) is 6.20 Å². The maximum absolute atomic E-state index is 13.0. The van der Waals surface area contributed by atoms with Gasteiger partial charge in [0.1, 0.15) is 5.25 Å². The molecule has 1 aliphatic rings. The summed E-state index contributed by atoms with van der Waals surface area (Å²) in [5.74, 6) is 0.102. The Morgan fingerprint density at radius 2 is 1.74 bits per heavy atom. The van der Waals surface area contributed by atoms with Crippen LogP contribution in [0.4, 0.5) is 0 Å². The van der Waals surface area contributed by atoms with E-state index in [0.29, 0.717) is 5.03 Å². The Kier molecular flexibility index (Phi) is 5.18. The minimum absolute atomic E-state index is 0.102. The molecule has 120 valence electrons. The lowest BCUT2D eigenvalue weighted by molar-refractivity contribution is -0.645. The van der Waals surface area contributed by atoms with Gasteiger partial charge in [-0.15, -0.1) is 0 Å². The number of aromatic nitrogens is 1. The number of likely N-dealkylation sites (tertiary alicyclic amines) is 1. The second-order valence-electron chi connectivity index (χ2n) is 5.66. The molecule has 0 saturated carbocycles. The first-order valence-corrected chi connectivity index (χ1v) is 8.82. The molecule has 5 heteroatoms. The van der Waals surface area contributed by atoms with E-state index in [4.69, 9.17) is 0 Å². The smallest absolute Gasteiger partial charge is 0.252 e. The largest absolute Gasteiger partial charge is 0.618 e. The second kappa shape index (κ2) is 7.51. The number of amides is 1. The standard InChI is InChI=1S/C18H20N2O2S/c21-18(19-12-6-2-7-13-19)17(15-9-3-1-4-10-15)23-16-11-5-8-14-20(16)22/h1,3-5,8-11,14,17H,2,6-7,12-13H2. The molecule has 1 aromatic heterocycles. The minimum Gasteiger partial charge on any atom is -0.618 e. The van der Waals surface area contributed by atoms with Crippen molar-refractivity contribution in [3.05, 3.63) is 65.5 Å². The lowest BCUT2D eigenvalue weighted by Gasteiger charge is -2.30. The molecule has 0 N–H and O–H groups in total. The van der Waals surface area contributed by atoms with Crippen LogP contribution in [0.25, 0.3) is 0 Å². The third-order valence-corrected chi connectivity index (χ3v) is 5.29. The quantitative estimate of drug-likeness (QED) is 0.492. The summed E-state index contributed by atoms with van der Waals surface area (Å²) in [5.41, 5.74) is 0.942. The van der Waals surface area contributed by atoms with Gasteiger partial charge in [0.25, 0.3) is 5.03 Å². The maximum atomic E-state index is 13.0. The molecule has 2 heterocycles. The Morgan fingerprint density at radius 3 is 2.43 bits per heavy atom. The van der Waals surface area contributed by atoms with Gasteiger partial charge >= 0.3 is 0 Å². The lowest BCUT2D eigenvalue weighted by Crippen LogP contribution is -2.38. The minimum atomic E-state index is -0.378. The van der Waals surface area contributed by atoms with Crippen LogP contribution in [0, 0.1) is 5.21 Å². The Hall–Kier alpha value is -2.01. The number of carbonyl (C=O) groups excluding carboxylic acids is 1. The third kappa shape index (κ3) is 3.85. The molecule has 4 nitrogen and oxygen atoms in total. The number of carbonyl (C=O) groups is 1. The summed E-state index contributed by atoms with van der Waals surface area (Å²) in [7, 11) is 0. The SMILES string of the molecule is O=C(C(Sc1cccc[n+]1[O-])c1ccccc1)N1CCCCC1.